The summed E-state index contributed by atoms with van der Waals surface area (Å²) in [6.07, 6.45) is 0.740. The van der Waals surface area contributed by atoms with E-state index in [1.54, 1.807) is 12.1 Å². The first-order valence-electron chi connectivity index (χ1n) is 5.97. The molecule has 0 aromatic heterocycles. The molecule has 1 aromatic rings. The van der Waals surface area contributed by atoms with Crippen LogP contribution in [0.15, 0.2) is 18.2 Å². The predicted octanol–water partition coefficient (Wildman–Crippen LogP) is 1.38. The molecule has 0 aliphatic carbocycles. The van der Waals surface area contributed by atoms with Crippen LogP contribution >= 0.6 is 0 Å². The van der Waals surface area contributed by atoms with E-state index in [4.69, 9.17) is 15.0 Å². The first-order chi connectivity index (χ1) is 8.27. The molecule has 0 amide bonds. The second kappa shape index (κ2) is 4.11. The minimum absolute atomic E-state index is 0.388. The number of hydrogen-bond donors (Lipinski definition) is 1. The second-order valence-corrected chi connectivity index (χ2v) is 5.59. The Hall–Kier alpha value is -1.33. The maximum Gasteiger partial charge on any atom is 0.494 e. The van der Waals surface area contributed by atoms with Crippen molar-refractivity contribution in [2.24, 2.45) is 0 Å². The summed E-state index contributed by atoms with van der Waals surface area (Å²) in [5, 5.41) is 0. The van der Waals surface area contributed by atoms with Crippen molar-refractivity contribution in [3.05, 3.63) is 23.8 Å². The van der Waals surface area contributed by atoms with Crippen molar-refractivity contribution in [1.29, 1.82) is 0 Å². The molecular weight excluding hydrogens is 229 g/mol. The van der Waals surface area contributed by atoms with Gasteiger partial charge in [0.25, 0.3) is 0 Å². The first kappa shape index (κ1) is 13.1. The number of benzene rings is 1. The third kappa shape index (κ3) is 2.04. The van der Waals surface area contributed by atoms with E-state index in [0.29, 0.717) is 11.3 Å². The SMILES string of the molecule is CC1(C)OB(c2ccc(N)c(C=O)c2)OC1(C)C. The summed E-state index contributed by atoms with van der Waals surface area (Å²) in [7, 11) is -0.464. The van der Waals surface area contributed by atoms with E-state index in [9.17, 15) is 4.79 Å². The number of nitrogens with two attached hydrogens (primary N) is 1. The van der Waals surface area contributed by atoms with Crippen LogP contribution in [0.5, 0.6) is 0 Å². The fourth-order valence-corrected chi connectivity index (χ4v) is 1.82. The molecule has 0 spiro atoms. The Labute approximate surface area is 108 Å². The van der Waals surface area contributed by atoms with Crippen LogP contribution in [-0.2, 0) is 9.31 Å². The summed E-state index contributed by atoms with van der Waals surface area (Å²) in [5.74, 6) is 0. The van der Waals surface area contributed by atoms with Gasteiger partial charge in [-0.15, -0.1) is 0 Å². The van der Waals surface area contributed by atoms with E-state index in [0.717, 1.165) is 11.7 Å². The number of aldehydes is 1. The van der Waals surface area contributed by atoms with Gasteiger partial charge in [0.05, 0.1) is 11.2 Å². The highest BCUT2D eigenvalue weighted by Gasteiger charge is 2.51. The Morgan fingerprint density at radius 3 is 2.22 bits per heavy atom. The van der Waals surface area contributed by atoms with Gasteiger partial charge in [0.1, 0.15) is 0 Å². The van der Waals surface area contributed by atoms with E-state index in [1.165, 1.54) is 0 Å². The largest absolute Gasteiger partial charge is 0.494 e. The van der Waals surface area contributed by atoms with Crippen LogP contribution in [0.3, 0.4) is 0 Å². The summed E-state index contributed by atoms with van der Waals surface area (Å²) in [6, 6.07) is 5.24. The molecule has 1 heterocycles. The van der Waals surface area contributed by atoms with Crippen LogP contribution in [0.2, 0.25) is 0 Å². The molecular formula is C13H18BNO3. The molecule has 0 radical (unpaired) electrons. The molecule has 1 aromatic carbocycles. The topological polar surface area (TPSA) is 61.5 Å². The fourth-order valence-electron chi connectivity index (χ4n) is 1.82. The van der Waals surface area contributed by atoms with Gasteiger partial charge < -0.3 is 15.0 Å². The Bertz CT molecular complexity index is 469. The molecule has 4 nitrogen and oxygen atoms in total. The summed E-state index contributed by atoms with van der Waals surface area (Å²) in [6.45, 7) is 7.96. The van der Waals surface area contributed by atoms with E-state index in [1.807, 2.05) is 33.8 Å². The van der Waals surface area contributed by atoms with Gasteiger partial charge in [0, 0.05) is 11.3 Å². The predicted molar refractivity (Wildman–Crippen MR) is 72.0 cm³/mol. The molecule has 2 N–H and O–H groups in total. The summed E-state index contributed by atoms with van der Waals surface area (Å²) < 4.78 is 11.8. The van der Waals surface area contributed by atoms with Gasteiger partial charge in [-0.2, -0.15) is 0 Å². The maximum atomic E-state index is 10.9. The van der Waals surface area contributed by atoms with Gasteiger partial charge in [0.2, 0.25) is 0 Å². The molecule has 96 valence electrons. The summed E-state index contributed by atoms with van der Waals surface area (Å²) in [5.41, 5.74) is 6.65. The Morgan fingerprint density at radius 1 is 1.17 bits per heavy atom. The van der Waals surface area contributed by atoms with E-state index >= 15 is 0 Å². The van der Waals surface area contributed by atoms with Crippen molar-refractivity contribution >= 4 is 24.6 Å². The van der Waals surface area contributed by atoms with Crippen molar-refractivity contribution in [2.45, 2.75) is 38.9 Å². The molecule has 2 rings (SSSR count). The van der Waals surface area contributed by atoms with E-state index in [-0.39, 0.29) is 11.2 Å². The number of nitrogen functional groups attached to an aromatic ring is 1. The normalized spacial score (nSPS) is 21.0. The number of anilines is 1. The Kier molecular flexibility index (Phi) is 2.99. The van der Waals surface area contributed by atoms with Crippen molar-refractivity contribution in [2.75, 3.05) is 5.73 Å². The number of hydrogen-bond acceptors (Lipinski definition) is 4. The molecule has 0 bridgehead atoms. The second-order valence-electron chi connectivity index (χ2n) is 5.59. The van der Waals surface area contributed by atoms with Crippen LogP contribution in [0.25, 0.3) is 0 Å². The summed E-state index contributed by atoms with van der Waals surface area (Å²) in [4.78, 5) is 10.9. The average molecular weight is 247 g/mol. The van der Waals surface area contributed by atoms with E-state index in [2.05, 4.69) is 0 Å². The van der Waals surface area contributed by atoms with Crippen molar-refractivity contribution in [3.63, 3.8) is 0 Å². The number of carbonyl (C=O) groups is 1. The quantitative estimate of drug-likeness (QED) is 0.487. The number of carbonyl (C=O) groups excluding carboxylic acids is 1. The van der Waals surface area contributed by atoms with Crippen molar-refractivity contribution < 1.29 is 14.1 Å². The zero-order valence-corrected chi connectivity index (χ0v) is 11.2. The highest BCUT2D eigenvalue weighted by atomic mass is 16.7. The van der Waals surface area contributed by atoms with Crippen molar-refractivity contribution in [1.82, 2.24) is 0 Å². The molecule has 1 fully saturated rings. The minimum atomic E-state index is -0.464. The van der Waals surface area contributed by atoms with E-state index < -0.39 is 7.12 Å². The van der Waals surface area contributed by atoms with Gasteiger partial charge in [-0.3, -0.25) is 4.79 Å². The van der Waals surface area contributed by atoms with Gasteiger partial charge in [0.15, 0.2) is 6.29 Å². The lowest BCUT2D eigenvalue weighted by Gasteiger charge is -2.32. The first-order valence-corrected chi connectivity index (χ1v) is 5.97. The molecule has 1 aliphatic heterocycles. The molecule has 0 unspecified atom stereocenters. The molecule has 1 aliphatic rings. The lowest BCUT2D eigenvalue weighted by Crippen LogP contribution is -2.41. The number of rotatable bonds is 2. The highest BCUT2D eigenvalue weighted by Crippen LogP contribution is 2.36. The average Bonchev–Trinajstić information content (AvgIpc) is 2.49. The van der Waals surface area contributed by atoms with Crippen molar-refractivity contribution in [3.8, 4) is 0 Å². The van der Waals surface area contributed by atoms with Crippen LogP contribution in [0, 0.1) is 0 Å². The lowest BCUT2D eigenvalue weighted by molar-refractivity contribution is 0.00578. The zero-order valence-electron chi connectivity index (χ0n) is 11.2. The van der Waals surface area contributed by atoms with Crippen LogP contribution in [-0.4, -0.2) is 24.6 Å². The van der Waals surface area contributed by atoms with Crippen LogP contribution in [0.4, 0.5) is 5.69 Å². The molecule has 0 atom stereocenters. The zero-order chi connectivity index (χ0) is 13.6. The molecule has 5 heteroatoms. The maximum absolute atomic E-state index is 10.9. The summed E-state index contributed by atoms with van der Waals surface area (Å²) >= 11 is 0. The third-order valence-electron chi connectivity index (χ3n) is 3.76. The monoisotopic (exact) mass is 247 g/mol. The van der Waals surface area contributed by atoms with Crippen LogP contribution in [0.1, 0.15) is 38.1 Å². The van der Waals surface area contributed by atoms with Gasteiger partial charge in [-0.25, -0.2) is 0 Å². The third-order valence-corrected chi connectivity index (χ3v) is 3.76. The lowest BCUT2D eigenvalue weighted by atomic mass is 9.78. The molecule has 1 saturated heterocycles. The molecule has 18 heavy (non-hydrogen) atoms. The fraction of sp³-hybridized carbons (Fsp3) is 0.462. The Balaban J connectivity index is 2.32. The molecule has 0 saturated carbocycles. The standard InChI is InChI=1S/C13H18BNO3/c1-12(2)13(3,4)18-14(17-12)10-5-6-11(15)9(7-10)8-16/h5-8H,15H2,1-4H3. The Morgan fingerprint density at radius 2 is 1.72 bits per heavy atom. The smallest absolute Gasteiger partial charge is 0.399 e. The highest BCUT2D eigenvalue weighted by molar-refractivity contribution is 6.62. The van der Waals surface area contributed by atoms with Crippen LogP contribution < -0.4 is 11.2 Å². The van der Waals surface area contributed by atoms with Gasteiger partial charge >= 0.3 is 7.12 Å². The minimum Gasteiger partial charge on any atom is -0.399 e. The van der Waals surface area contributed by atoms with Gasteiger partial charge in [-0.05, 0) is 45.3 Å². The van der Waals surface area contributed by atoms with Gasteiger partial charge in [-0.1, -0.05) is 6.07 Å².